The molecule has 0 atom stereocenters. The number of nitrogens with two attached hydrogens (primary N) is 1. The maximum absolute atomic E-state index is 12.3. The van der Waals surface area contributed by atoms with Crippen LogP contribution in [0, 0.1) is 5.92 Å². The largest absolute Gasteiger partial charge is 0.352 e. The van der Waals surface area contributed by atoms with Crippen LogP contribution in [0.4, 0.5) is 4.79 Å². The number of hydrogen-bond acceptors (Lipinski definition) is 3. The maximum Gasteiger partial charge on any atom is 0.334 e. The third-order valence-electron chi connectivity index (χ3n) is 4.22. The molecule has 24 heavy (non-hydrogen) atoms. The first-order valence-corrected chi connectivity index (χ1v) is 8.09. The van der Waals surface area contributed by atoms with Gasteiger partial charge in [0.1, 0.15) is 0 Å². The topological polar surface area (TPSA) is 78.7 Å². The van der Waals surface area contributed by atoms with Crippen molar-refractivity contribution in [1.82, 2.24) is 15.2 Å². The number of amides is 3. The summed E-state index contributed by atoms with van der Waals surface area (Å²) >= 11 is 0. The molecule has 1 heterocycles. The van der Waals surface area contributed by atoms with Gasteiger partial charge < -0.3 is 10.2 Å². The van der Waals surface area contributed by atoms with E-state index in [1.807, 2.05) is 29.2 Å². The number of piperidine rings is 1. The number of urea groups is 1. The van der Waals surface area contributed by atoms with E-state index in [9.17, 15) is 9.59 Å². The molecule has 0 aromatic heterocycles. The number of rotatable bonds is 4. The van der Waals surface area contributed by atoms with E-state index in [0.29, 0.717) is 19.0 Å². The Balaban J connectivity index is 0.00000288. The highest BCUT2D eigenvalue weighted by Gasteiger charge is 2.23. The van der Waals surface area contributed by atoms with Gasteiger partial charge in [-0.2, -0.15) is 0 Å². The van der Waals surface area contributed by atoms with Crippen LogP contribution in [0.2, 0.25) is 0 Å². The van der Waals surface area contributed by atoms with Crippen molar-refractivity contribution in [3.63, 3.8) is 0 Å². The first kappa shape index (κ1) is 20.3. The lowest BCUT2D eigenvalue weighted by Crippen LogP contribution is -2.49. The van der Waals surface area contributed by atoms with Crippen molar-refractivity contribution in [2.75, 3.05) is 13.1 Å². The number of hydrogen-bond donors (Lipinski definition) is 2. The van der Waals surface area contributed by atoms with Crippen LogP contribution >= 0.6 is 12.4 Å². The molecule has 0 saturated carbocycles. The SMILES string of the molecule is CC(=O)NCc1ccc(CN(N)C(=O)N2CCC(C)CC2)cc1.Cl. The molecule has 0 unspecified atom stereocenters. The fraction of sp³-hybridized carbons (Fsp3) is 0.529. The van der Waals surface area contributed by atoms with Crippen LogP contribution in [-0.2, 0) is 17.9 Å². The van der Waals surface area contributed by atoms with E-state index in [0.717, 1.165) is 37.1 Å². The molecule has 7 heteroatoms. The molecule has 1 aliphatic rings. The van der Waals surface area contributed by atoms with Crippen molar-refractivity contribution in [1.29, 1.82) is 0 Å². The summed E-state index contributed by atoms with van der Waals surface area (Å²) < 4.78 is 0. The average Bonchev–Trinajstić information content (AvgIpc) is 2.54. The summed E-state index contributed by atoms with van der Waals surface area (Å²) in [6.45, 7) is 6.16. The van der Waals surface area contributed by atoms with Gasteiger partial charge in [0.15, 0.2) is 0 Å². The van der Waals surface area contributed by atoms with E-state index in [1.54, 1.807) is 0 Å². The zero-order valence-electron chi connectivity index (χ0n) is 14.3. The minimum absolute atomic E-state index is 0. The van der Waals surface area contributed by atoms with Crippen molar-refractivity contribution < 1.29 is 9.59 Å². The molecule has 134 valence electrons. The lowest BCUT2D eigenvalue weighted by Gasteiger charge is -2.33. The Hall–Kier alpha value is -1.79. The number of nitrogens with one attached hydrogen (secondary N) is 1. The molecule has 1 aromatic rings. The van der Waals surface area contributed by atoms with E-state index in [1.165, 1.54) is 11.9 Å². The average molecular weight is 355 g/mol. The molecule has 1 aromatic carbocycles. The summed E-state index contributed by atoms with van der Waals surface area (Å²) in [4.78, 5) is 25.1. The second kappa shape index (κ2) is 9.49. The first-order chi connectivity index (χ1) is 11.0. The van der Waals surface area contributed by atoms with Crippen LogP contribution in [0.15, 0.2) is 24.3 Å². The van der Waals surface area contributed by atoms with Crippen molar-refractivity contribution in [2.24, 2.45) is 11.8 Å². The van der Waals surface area contributed by atoms with Gasteiger partial charge in [-0.05, 0) is 29.9 Å². The van der Waals surface area contributed by atoms with Crippen LogP contribution < -0.4 is 11.2 Å². The Bertz CT molecular complexity index is 542. The Morgan fingerprint density at radius 2 is 1.75 bits per heavy atom. The van der Waals surface area contributed by atoms with Gasteiger partial charge in [0.25, 0.3) is 0 Å². The van der Waals surface area contributed by atoms with Gasteiger partial charge in [-0.15, -0.1) is 12.4 Å². The molecule has 1 aliphatic heterocycles. The quantitative estimate of drug-likeness (QED) is 0.494. The number of hydrazine groups is 1. The minimum Gasteiger partial charge on any atom is -0.352 e. The van der Waals surface area contributed by atoms with E-state index < -0.39 is 0 Å². The number of carbonyl (C=O) groups is 2. The smallest absolute Gasteiger partial charge is 0.334 e. The van der Waals surface area contributed by atoms with Gasteiger partial charge in [0.05, 0.1) is 6.54 Å². The molecular weight excluding hydrogens is 328 g/mol. The molecule has 3 amide bonds. The van der Waals surface area contributed by atoms with Crippen molar-refractivity contribution in [3.8, 4) is 0 Å². The number of likely N-dealkylation sites (tertiary alicyclic amines) is 1. The van der Waals surface area contributed by atoms with Gasteiger partial charge in [-0.3, -0.25) is 9.80 Å². The molecule has 3 N–H and O–H groups in total. The number of nitrogens with zero attached hydrogens (tertiary/aromatic N) is 2. The summed E-state index contributed by atoms with van der Waals surface area (Å²) in [5.74, 6) is 6.57. The van der Waals surface area contributed by atoms with Crippen LogP contribution in [-0.4, -0.2) is 34.9 Å². The molecule has 0 aliphatic carbocycles. The highest BCUT2D eigenvalue weighted by atomic mass is 35.5. The van der Waals surface area contributed by atoms with Crippen molar-refractivity contribution in [3.05, 3.63) is 35.4 Å². The fourth-order valence-electron chi connectivity index (χ4n) is 2.63. The highest BCUT2D eigenvalue weighted by Crippen LogP contribution is 2.17. The third-order valence-corrected chi connectivity index (χ3v) is 4.22. The molecule has 0 radical (unpaired) electrons. The predicted molar refractivity (Wildman–Crippen MR) is 96.3 cm³/mol. The third kappa shape index (κ3) is 6.02. The summed E-state index contributed by atoms with van der Waals surface area (Å²) in [5.41, 5.74) is 1.99. The van der Waals surface area contributed by atoms with Crippen LogP contribution in [0.25, 0.3) is 0 Å². The first-order valence-electron chi connectivity index (χ1n) is 8.09. The lowest BCUT2D eigenvalue weighted by atomic mass is 10.00. The Morgan fingerprint density at radius 3 is 2.29 bits per heavy atom. The van der Waals surface area contributed by atoms with Gasteiger partial charge in [0, 0.05) is 26.6 Å². The van der Waals surface area contributed by atoms with Gasteiger partial charge >= 0.3 is 6.03 Å². The second-order valence-electron chi connectivity index (χ2n) is 6.31. The van der Waals surface area contributed by atoms with Crippen LogP contribution in [0.1, 0.15) is 37.8 Å². The van der Waals surface area contributed by atoms with E-state index in [-0.39, 0.29) is 24.3 Å². The van der Waals surface area contributed by atoms with E-state index in [4.69, 9.17) is 5.84 Å². The molecule has 2 rings (SSSR count). The molecule has 6 nitrogen and oxygen atoms in total. The molecule has 0 bridgehead atoms. The molecule has 1 fully saturated rings. The summed E-state index contributed by atoms with van der Waals surface area (Å²) in [5, 5.41) is 4.03. The Labute approximate surface area is 149 Å². The second-order valence-corrected chi connectivity index (χ2v) is 6.31. The maximum atomic E-state index is 12.3. The molecule has 0 spiro atoms. The van der Waals surface area contributed by atoms with E-state index in [2.05, 4.69) is 12.2 Å². The van der Waals surface area contributed by atoms with E-state index >= 15 is 0 Å². The normalized spacial score (nSPS) is 14.7. The van der Waals surface area contributed by atoms with Gasteiger partial charge in [-0.25, -0.2) is 10.6 Å². The van der Waals surface area contributed by atoms with Gasteiger partial charge in [-0.1, -0.05) is 31.2 Å². The fourth-order valence-corrected chi connectivity index (χ4v) is 2.63. The standard InChI is InChI=1S/C17H26N4O2.ClH/c1-13-7-9-20(10-8-13)17(23)21(18)12-16-5-3-15(4-6-16)11-19-14(2)22;/h3-6,13H,7-12,18H2,1-2H3,(H,19,22);1H. The lowest BCUT2D eigenvalue weighted by molar-refractivity contribution is -0.119. The minimum atomic E-state index is -0.112. The summed E-state index contributed by atoms with van der Waals surface area (Å²) in [7, 11) is 0. The predicted octanol–water partition coefficient (Wildman–Crippen LogP) is 2.27. The highest BCUT2D eigenvalue weighted by molar-refractivity contribution is 5.85. The molecule has 1 saturated heterocycles. The Kier molecular flexibility index (Phi) is 8.01. The summed E-state index contributed by atoms with van der Waals surface area (Å²) in [6, 6.07) is 7.63. The monoisotopic (exact) mass is 354 g/mol. The zero-order valence-corrected chi connectivity index (χ0v) is 15.1. The number of carbonyl (C=O) groups excluding carboxylic acids is 2. The van der Waals surface area contributed by atoms with Gasteiger partial charge in [0.2, 0.25) is 5.91 Å². The van der Waals surface area contributed by atoms with Crippen molar-refractivity contribution >= 4 is 24.3 Å². The van der Waals surface area contributed by atoms with Crippen LogP contribution in [0.5, 0.6) is 0 Å². The number of benzene rings is 1. The molecular formula is C17H27ClN4O2. The Morgan fingerprint density at radius 1 is 1.21 bits per heavy atom. The van der Waals surface area contributed by atoms with Crippen molar-refractivity contribution in [2.45, 2.75) is 39.8 Å². The summed E-state index contributed by atoms with van der Waals surface area (Å²) in [6.07, 6.45) is 2.08. The van der Waals surface area contributed by atoms with Crippen LogP contribution in [0.3, 0.4) is 0 Å². The zero-order chi connectivity index (χ0) is 16.8. The number of halogens is 1.